The average Bonchev–Trinajstić information content (AvgIpc) is 2.20. The third-order valence-electron chi connectivity index (χ3n) is 2.38. The van der Waals surface area contributed by atoms with E-state index in [-0.39, 0.29) is 5.56 Å². The fourth-order valence-corrected chi connectivity index (χ4v) is 1.46. The molecule has 0 saturated heterocycles. The van der Waals surface area contributed by atoms with E-state index < -0.39 is 29.6 Å². The highest BCUT2D eigenvalue weighted by Gasteiger charge is 2.31. The van der Waals surface area contributed by atoms with Crippen molar-refractivity contribution in [2.75, 3.05) is 0 Å². The number of hydrogen-bond acceptors (Lipinski definition) is 2. The zero-order valence-electron chi connectivity index (χ0n) is 8.55. The van der Waals surface area contributed by atoms with Crippen molar-refractivity contribution in [2.24, 2.45) is 5.92 Å². The molecule has 1 aromatic rings. The first kappa shape index (κ1) is 12.2. The van der Waals surface area contributed by atoms with Crippen LogP contribution in [0.25, 0.3) is 0 Å². The highest BCUT2D eigenvalue weighted by molar-refractivity contribution is 5.84. The summed E-state index contributed by atoms with van der Waals surface area (Å²) in [5.74, 6) is -5.16. The van der Waals surface area contributed by atoms with Crippen molar-refractivity contribution < 1.29 is 24.2 Å². The molecule has 0 aromatic heterocycles. The molecule has 0 aliphatic carbocycles. The molecule has 0 saturated carbocycles. The Balaban J connectivity index is 3.07. The van der Waals surface area contributed by atoms with Crippen molar-refractivity contribution in [1.29, 1.82) is 0 Å². The lowest BCUT2D eigenvalue weighted by molar-refractivity contribution is -0.149. The van der Waals surface area contributed by atoms with Gasteiger partial charge < -0.3 is 10.2 Å². The first-order valence-corrected chi connectivity index (χ1v) is 4.64. The molecule has 1 rings (SSSR count). The fraction of sp³-hybridized carbons (Fsp3) is 0.273. The molecular formula is C11H11FO4. The molecule has 16 heavy (non-hydrogen) atoms. The Morgan fingerprint density at radius 3 is 2.00 bits per heavy atom. The number of halogens is 1. The van der Waals surface area contributed by atoms with Gasteiger partial charge in [-0.3, -0.25) is 9.59 Å². The average molecular weight is 226 g/mol. The van der Waals surface area contributed by atoms with Crippen molar-refractivity contribution >= 4 is 11.9 Å². The maximum atomic E-state index is 12.6. The van der Waals surface area contributed by atoms with Crippen molar-refractivity contribution in [2.45, 2.75) is 12.8 Å². The standard InChI is InChI=1S/C11H11FO4/c1-6(10(13)14)9(11(15)16)7-2-4-8(12)5-3-7/h2-6,9H,1H3,(H,13,14)(H,15,16). The lowest BCUT2D eigenvalue weighted by Gasteiger charge is -2.16. The van der Waals surface area contributed by atoms with E-state index in [1.54, 1.807) is 0 Å². The summed E-state index contributed by atoms with van der Waals surface area (Å²) in [4.78, 5) is 21.7. The second-order valence-corrected chi connectivity index (χ2v) is 3.49. The van der Waals surface area contributed by atoms with Crippen molar-refractivity contribution in [3.8, 4) is 0 Å². The van der Waals surface area contributed by atoms with Gasteiger partial charge in [-0.05, 0) is 17.7 Å². The molecule has 0 amide bonds. The monoisotopic (exact) mass is 226 g/mol. The Hall–Kier alpha value is -1.91. The predicted molar refractivity (Wildman–Crippen MR) is 53.6 cm³/mol. The van der Waals surface area contributed by atoms with Gasteiger partial charge in [-0.15, -0.1) is 0 Å². The third kappa shape index (κ3) is 2.56. The van der Waals surface area contributed by atoms with Gasteiger partial charge >= 0.3 is 11.9 Å². The largest absolute Gasteiger partial charge is 0.481 e. The van der Waals surface area contributed by atoms with Crippen LogP contribution in [0.3, 0.4) is 0 Å². The molecule has 4 nitrogen and oxygen atoms in total. The van der Waals surface area contributed by atoms with Crippen LogP contribution in [0.1, 0.15) is 18.4 Å². The van der Waals surface area contributed by atoms with Crippen LogP contribution in [-0.2, 0) is 9.59 Å². The number of carbonyl (C=O) groups is 2. The first-order valence-electron chi connectivity index (χ1n) is 4.64. The van der Waals surface area contributed by atoms with Crippen LogP contribution in [0, 0.1) is 11.7 Å². The molecule has 0 radical (unpaired) electrons. The minimum Gasteiger partial charge on any atom is -0.481 e. The Morgan fingerprint density at radius 1 is 1.12 bits per heavy atom. The van der Waals surface area contributed by atoms with Crippen LogP contribution in [0.15, 0.2) is 24.3 Å². The van der Waals surface area contributed by atoms with Crippen molar-refractivity contribution in [3.05, 3.63) is 35.6 Å². The molecule has 86 valence electrons. The highest BCUT2D eigenvalue weighted by atomic mass is 19.1. The van der Waals surface area contributed by atoms with Crippen LogP contribution in [0.2, 0.25) is 0 Å². The Bertz CT molecular complexity index is 399. The Morgan fingerprint density at radius 2 is 1.62 bits per heavy atom. The van der Waals surface area contributed by atoms with Crippen LogP contribution < -0.4 is 0 Å². The Labute approximate surface area is 91.3 Å². The summed E-state index contributed by atoms with van der Waals surface area (Å²) in [6, 6.07) is 4.79. The van der Waals surface area contributed by atoms with E-state index in [4.69, 9.17) is 10.2 Å². The van der Waals surface area contributed by atoms with Gasteiger partial charge in [-0.2, -0.15) is 0 Å². The topological polar surface area (TPSA) is 74.6 Å². The minimum atomic E-state index is -1.23. The van der Waals surface area contributed by atoms with Gasteiger partial charge in [-0.25, -0.2) is 4.39 Å². The van der Waals surface area contributed by atoms with E-state index in [0.717, 1.165) is 12.1 Å². The fourth-order valence-electron chi connectivity index (χ4n) is 1.46. The number of aliphatic carboxylic acids is 2. The minimum absolute atomic E-state index is 0.281. The summed E-state index contributed by atoms with van der Waals surface area (Å²) in [5.41, 5.74) is 0.281. The van der Waals surface area contributed by atoms with Gasteiger partial charge in [0, 0.05) is 0 Å². The highest BCUT2D eigenvalue weighted by Crippen LogP contribution is 2.25. The van der Waals surface area contributed by atoms with E-state index in [1.165, 1.54) is 19.1 Å². The number of benzene rings is 1. The van der Waals surface area contributed by atoms with E-state index in [9.17, 15) is 14.0 Å². The van der Waals surface area contributed by atoms with Gasteiger partial charge in [-0.1, -0.05) is 19.1 Å². The van der Waals surface area contributed by atoms with Gasteiger partial charge in [0.1, 0.15) is 5.82 Å². The summed E-state index contributed by atoms with van der Waals surface area (Å²) < 4.78 is 12.6. The molecule has 2 atom stereocenters. The lowest BCUT2D eigenvalue weighted by atomic mass is 9.87. The normalized spacial score (nSPS) is 14.1. The number of hydrogen-bond donors (Lipinski definition) is 2. The van der Waals surface area contributed by atoms with E-state index in [2.05, 4.69) is 0 Å². The smallest absolute Gasteiger partial charge is 0.311 e. The van der Waals surface area contributed by atoms with Crippen LogP contribution in [-0.4, -0.2) is 22.2 Å². The predicted octanol–water partition coefficient (Wildman–Crippen LogP) is 1.71. The summed E-state index contributed by atoms with van der Waals surface area (Å²) in [6.45, 7) is 1.31. The molecule has 0 aliphatic rings. The van der Waals surface area contributed by atoms with E-state index >= 15 is 0 Å². The van der Waals surface area contributed by atoms with E-state index in [1.807, 2.05) is 0 Å². The lowest BCUT2D eigenvalue weighted by Crippen LogP contribution is -2.25. The maximum Gasteiger partial charge on any atom is 0.311 e. The maximum absolute atomic E-state index is 12.6. The SMILES string of the molecule is CC(C(=O)O)C(C(=O)O)c1ccc(F)cc1. The van der Waals surface area contributed by atoms with Crippen LogP contribution in [0.4, 0.5) is 4.39 Å². The summed E-state index contributed by atoms with van der Waals surface area (Å²) in [6.07, 6.45) is 0. The molecule has 2 N–H and O–H groups in total. The second kappa shape index (κ2) is 4.74. The number of carboxylic acid groups (broad SMARTS) is 2. The molecule has 0 fully saturated rings. The molecule has 2 unspecified atom stereocenters. The number of carboxylic acids is 2. The zero-order chi connectivity index (χ0) is 12.3. The molecule has 0 bridgehead atoms. The van der Waals surface area contributed by atoms with Gasteiger partial charge in [0.15, 0.2) is 0 Å². The third-order valence-corrected chi connectivity index (χ3v) is 2.38. The summed E-state index contributed by atoms with van der Waals surface area (Å²) in [5, 5.41) is 17.7. The van der Waals surface area contributed by atoms with Gasteiger partial charge in [0.2, 0.25) is 0 Å². The first-order chi connectivity index (χ1) is 7.43. The molecule has 5 heteroatoms. The molecule has 0 heterocycles. The van der Waals surface area contributed by atoms with Gasteiger partial charge in [0.25, 0.3) is 0 Å². The second-order valence-electron chi connectivity index (χ2n) is 3.49. The Kier molecular flexibility index (Phi) is 3.60. The van der Waals surface area contributed by atoms with E-state index in [0.29, 0.717) is 0 Å². The molecule has 0 aliphatic heterocycles. The molecular weight excluding hydrogens is 215 g/mol. The van der Waals surface area contributed by atoms with Gasteiger partial charge in [0.05, 0.1) is 11.8 Å². The molecule has 1 aromatic carbocycles. The summed E-state index contributed by atoms with van der Waals surface area (Å²) >= 11 is 0. The molecule has 0 spiro atoms. The quantitative estimate of drug-likeness (QED) is 0.819. The van der Waals surface area contributed by atoms with Crippen LogP contribution >= 0.6 is 0 Å². The van der Waals surface area contributed by atoms with Crippen molar-refractivity contribution in [1.82, 2.24) is 0 Å². The van der Waals surface area contributed by atoms with Crippen molar-refractivity contribution in [3.63, 3.8) is 0 Å². The zero-order valence-corrected chi connectivity index (χ0v) is 8.55. The number of rotatable bonds is 4. The summed E-state index contributed by atoms with van der Waals surface area (Å²) in [7, 11) is 0. The van der Waals surface area contributed by atoms with Crippen LogP contribution in [0.5, 0.6) is 0 Å².